The summed E-state index contributed by atoms with van der Waals surface area (Å²) in [5.74, 6) is -0.0182. The van der Waals surface area contributed by atoms with Gasteiger partial charge in [-0.25, -0.2) is 0 Å². The summed E-state index contributed by atoms with van der Waals surface area (Å²) in [6.45, 7) is 4.24. The van der Waals surface area contributed by atoms with Crippen molar-refractivity contribution in [2.75, 3.05) is 25.1 Å². The average molecular weight is 262 g/mol. The molecule has 1 aliphatic heterocycles. The fourth-order valence-electron chi connectivity index (χ4n) is 2.30. The largest absolute Gasteiger partial charge is 0.382 e. The molecule has 1 saturated heterocycles. The molecule has 19 heavy (non-hydrogen) atoms. The first-order chi connectivity index (χ1) is 9.29. The van der Waals surface area contributed by atoms with Crippen LogP contribution in [0.5, 0.6) is 0 Å². The van der Waals surface area contributed by atoms with Crippen LogP contribution >= 0.6 is 0 Å². The lowest BCUT2D eigenvalue weighted by atomic mass is 10.1. The maximum Gasteiger partial charge on any atom is 0.251 e. The van der Waals surface area contributed by atoms with Gasteiger partial charge in [0.2, 0.25) is 0 Å². The predicted molar refractivity (Wildman–Crippen MR) is 76.5 cm³/mol. The summed E-state index contributed by atoms with van der Waals surface area (Å²) in [4.78, 5) is 11.8. The lowest BCUT2D eigenvalue weighted by Gasteiger charge is -2.17. The summed E-state index contributed by atoms with van der Waals surface area (Å²) in [6, 6.07) is 8.12. The summed E-state index contributed by atoms with van der Waals surface area (Å²) in [7, 11) is 0. The van der Waals surface area contributed by atoms with Gasteiger partial charge in [-0.15, -0.1) is 0 Å². The maximum absolute atomic E-state index is 11.8. The van der Waals surface area contributed by atoms with Crippen LogP contribution in [0, 0.1) is 0 Å². The van der Waals surface area contributed by atoms with Crippen molar-refractivity contribution >= 4 is 11.6 Å². The highest BCUT2D eigenvalue weighted by Gasteiger charge is 2.12. The third-order valence-electron chi connectivity index (χ3n) is 3.28. The lowest BCUT2D eigenvalue weighted by Crippen LogP contribution is -2.23. The van der Waals surface area contributed by atoms with Gasteiger partial charge in [-0.1, -0.05) is 6.07 Å². The molecular formula is C15H22N2O2. The normalized spacial score (nSPS) is 19.5. The molecule has 1 aromatic carbocycles. The van der Waals surface area contributed by atoms with Crippen LogP contribution in [0.15, 0.2) is 24.3 Å². The molecular weight excluding hydrogens is 240 g/mol. The first-order valence-corrected chi connectivity index (χ1v) is 7.02. The van der Waals surface area contributed by atoms with Gasteiger partial charge in [-0.2, -0.15) is 0 Å². The van der Waals surface area contributed by atoms with E-state index in [-0.39, 0.29) is 5.91 Å². The van der Waals surface area contributed by atoms with Gasteiger partial charge in [0.25, 0.3) is 5.91 Å². The summed E-state index contributed by atoms with van der Waals surface area (Å²) in [6.07, 6.45) is 3.23. The van der Waals surface area contributed by atoms with Crippen molar-refractivity contribution in [1.82, 2.24) is 5.32 Å². The van der Waals surface area contributed by atoms with Gasteiger partial charge in [0.15, 0.2) is 0 Å². The Labute approximate surface area is 114 Å². The van der Waals surface area contributed by atoms with Crippen molar-refractivity contribution in [2.24, 2.45) is 0 Å². The van der Waals surface area contributed by atoms with Crippen LogP contribution in [0.1, 0.15) is 36.5 Å². The van der Waals surface area contributed by atoms with E-state index >= 15 is 0 Å². The van der Waals surface area contributed by atoms with Crippen LogP contribution < -0.4 is 10.6 Å². The Hall–Kier alpha value is -1.55. The van der Waals surface area contributed by atoms with Crippen molar-refractivity contribution in [3.8, 4) is 0 Å². The Morgan fingerprint density at radius 3 is 3.11 bits per heavy atom. The zero-order chi connectivity index (χ0) is 13.5. The quantitative estimate of drug-likeness (QED) is 0.876. The molecule has 0 bridgehead atoms. The zero-order valence-corrected chi connectivity index (χ0v) is 11.4. The molecule has 2 N–H and O–H groups in total. The number of carbonyl (C=O) groups is 1. The fourth-order valence-corrected chi connectivity index (χ4v) is 2.30. The molecule has 1 aliphatic rings. The number of hydrogen-bond donors (Lipinski definition) is 2. The van der Waals surface area contributed by atoms with E-state index in [4.69, 9.17) is 4.74 Å². The predicted octanol–water partition coefficient (Wildman–Crippen LogP) is 2.42. The molecule has 104 valence electrons. The Morgan fingerprint density at radius 1 is 1.37 bits per heavy atom. The molecule has 0 spiro atoms. The monoisotopic (exact) mass is 262 g/mol. The van der Waals surface area contributed by atoms with Crippen LogP contribution in [-0.2, 0) is 4.74 Å². The fraction of sp³-hybridized carbons (Fsp3) is 0.533. The van der Waals surface area contributed by atoms with E-state index in [0.29, 0.717) is 18.2 Å². The van der Waals surface area contributed by atoms with Crippen molar-refractivity contribution in [3.05, 3.63) is 29.8 Å². The number of nitrogens with one attached hydrogen (secondary N) is 2. The number of rotatable bonds is 4. The summed E-state index contributed by atoms with van der Waals surface area (Å²) < 4.78 is 5.45. The molecule has 4 heteroatoms. The highest BCUT2D eigenvalue weighted by Crippen LogP contribution is 2.17. The lowest BCUT2D eigenvalue weighted by molar-refractivity contribution is 0.0956. The van der Waals surface area contributed by atoms with Crippen molar-refractivity contribution < 1.29 is 9.53 Å². The molecule has 0 saturated carbocycles. The topological polar surface area (TPSA) is 50.4 Å². The van der Waals surface area contributed by atoms with E-state index < -0.39 is 0 Å². The van der Waals surface area contributed by atoms with E-state index in [9.17, 15) is 4.79 Å². The van der Waals surface area contributed by atoms with Crippen LogP contribution in [0.4, 0.5) is 5.69 Å². The van der Waals surface area contributed by atoms with Crippen LogP contribution in [0.3, 0.4) is 0 Å². The minimum Gasteiger partial charge on any atom is -0.382 e. The summed E-state index contributed by atoms with van der Waals surface area (Å²) in [5.41, 5.74) is 1.72. The van der Waals surface area contributed by atoms with E-state index in [1.54, 1.807) is 0 Å². The Morgan fingerprint density at radius 2 is 2.26 bits per heavy atom. The molecule has 1 aromatic rings. The van der Waals surface area contributed by atoms with Gasteiger partial charge in [0.1, 0.15) is 0 Å². The Balaban J connectivity index is 1.99. The molecule has 0 aromatic heterocycles. The average Bonchev–Trinajstić information content (AvgIpc) is 2.68. The van der Waals surface area contributed by atoms with Gasteiger partial charge < -0.3 is 15.4 Å². The number of ether oxygens (including phenoxy) is 1. The SMILES string of the molecule is CCNC(=O)c1cccc(NC2CCCOCC2)c1. The molecule has 0 radical (unpaired) electrons. The maximum atomic E-state index is 11.8. The third kappa shape index (κ3) is 4.24. The first kappa shape index (κ1) is 13.9. The third-order valence-corrected chi connectivity index (χ3v) is 3.28. The second-order valence-corrected chi connectivity index (χ2v) is 4.82. The standard InChI is InChI=1S/C15H22N2O2/c1-2-16-15(18)12-5-3-6-14(11-12)17-13-7-4-9-19-10-8-13/h3,5-6,11,13,17H,2,4,7-10H2,1H3,(H,16,18). The number of carbonyl (C=O) groups excluding carboxylic acids is 1. The molecule has 1 heterocycles. The highest BCUT2D eigenvalue weighted by molar-refractivity contribution is 5.95. The second-order valence-electron chi connectivity index (χ2n) is 4.82. The summed E-state index contributed by atoms with van der Waals surface area (Å²) >= 11 is 0. The number of benzene rings is 1. The van der Waals surface area contributed by atoms with Crippen molar-refractivity contribution in [3.63, 3.8) is 0 Å². The van der Waals surface area contributed by atoms with Crippen molar-refractivity contribution in [2.45, 2.75) is 32.2 Å². The Bertz CT molecular complexity index is 412. The van der Waals surface area contributed by atoms with Gasteiger partial charge in [-0.3, -0.25) is 4.79 Å². The van der Waals surface area contributed by atoms with E-state index in [0.717, 1.165) is 38.2 Å². The van der Waals surface area contributed by atoms with E-state index in [2.05, 4.69) is 10.6 Å². The smallest absolute Gasteiger partial charge is 0.251 e. The van der Waals surface area contributed by atoms with Gasteiger partial charge in [0, 0.05) is 37.1 Å². The van der Waals surface area contributed by atoms with Crippen molar-refractivity contribution in [1.29, 1.82) is 0 Å². The van der Waals surface area contributed by atoms with Gasteiger partial charge in [-0.05, 0) is 44.4 Å². The van der Waals surface area contributed by atoms with Crippen LogP contribution in [-0.4, -0.2) is 31.7 Å². The molecule has 1 atom stereocenters. The molecule has 1 fully saturated rings. The molecule has 1 amide bonds. The highest BCUT2D eigenvalue weighted by atomic mass is 16.5. The van der Waals surface area contributed by atoms with Gasteiger partial charge in [0.05, 0.1) is 0 Å². The minimum absolute atomic E-state index is 0.0182. The summed E-state index contributed by atoms with van der Waals surface area (Å²) in [5, 5.41) is 6.31. The molecule has 0 aliphatic carbocycles. The van der Waals surface area contributed by atoms with E-state index in [1.807, 2.05) is 31.2 Å². The zero-order valence-electron chi connectivity index (χ0n) is 11.4. The van der Waals surface area contributed by atoms with Crippen LogP contribution in [0.25, 0.3) is 0 Å². The first-order valence-electron chi connectivity index (χ1n) is 7.02. The molecule has 2 rings (SSSR count). The van der Waals surface area contributed by atoms with Gasteiger partial charge >= 0.3 is 0 Å². The number of hydrogen-bond acceptors (Lipinski definition) is 3. The van der Waals surface area contributed by atoms with Crippen LogP contribution in [0.2, 0.25) is 0 Å². The Kier molecular flexibility index (Phi) is 5.21. The second kappa shape index (κ2) is 7.14. The molecule has 1 unspecified atom stereocenters. The van der Waals surface area contributed by atoms with E-state index in [1.165, 1.54) is 0 Å². The number of amides is 1. The number of anilines is 1. The molecule has 4 nitrogen and oxygen atoms in total. The minimum atomic E-state index is -0.0182.